The maximum atomic E-state index is 13.9. The van der Waals surface area contributed by atoms with Crippen LogP contribution in [0.5, 0.6) is 11.5 Å². The summed E-state index contributed by atoms with van der Waals surface area (Å²) in [6, 6.07) is 21.4. The summed E-state index contributed by atoms with van der Waals surface area (Å²) in [7, 11) is 4.14. The van der Waals surface area contributed by atoms with Crippen LogP contribution in [0.2, 0.25) is 0 Å². The smallest absolute Gasteiger partial charge is 0.325 e. The van der Waals surface area contributed by atoms with Crippen molar-refractivity contribution in [3.8, 4) is 11.5 Å². The number of anilines is 2. The Hall–Kier alpha value is -6.79. The molecular weight excluding hydrogens is 1140 g/mol. The molecule has 1 saturated carbocycles. The highest BCUT2D eigenvalue weighted by Gasteiger charge is 2.41. The molecular formula is C61H80BrN11O9S. The summed E-state index contributed by atoms with van der Waals surface area (Å²) in [4.78, 5) is 65.5. The van der Waals surface area contributed by atoms with Gasteiger partial charge < -0.3 is 53.9 Å². The van der Waals surface area contributed by atoms with Crippen LogP contribution in [0.1, 0.15) is 60.7 Å². The Balaban J connectivity index is 0.660. The number of carbonyl (C=O) groups excluding carboxylic acids is 4. The number of likely N-dealkylation sites (N-methyl/N-ethyl adjacent to an activating group) is 2. The zero-order valence-corrected chi connectivity index (χ0v) is 50.3. The Morgan fingerprint density at radius 2 is 1.54 bits per heavy atom. The van der Waals surface area contributed by atoms with Crippen molar-refractivity contribution in [1.82, 2.24) is 44.9 Å². The minimum atomic E-state index is -0.752. The van der Waals surface area contributed by atoms with Crippen molar-refractivity contribution in [1.29, 1.82) is 0 Å². The lowest BCUT2D eigenvalue weighted by molar-refractivity contribution is -0.141. The fourth-order valence-electron chi connectivity index (χ4n) is 9.00. The van der Waals surface area contributed by atoms with Crippen LogP contribution >= 0.6 is 27.3 Å². The molecule has 2 aromatic heterocycles. The van der Waals surface area contributed by atoms with E-state index in [1.54, 1.807) is 57.5 Å². The number of nitrogens with one attached hydrogen (secondary N) is 3. The summed E-state index contributed by atoms with van der Waals surface area (Å²) in [6.45, 7) is 17.3. The largest absolute Gasteiger partial charge is 0.494 e. The zero-order valence-electron chi connectivity index (χ0n) is 47.9. The Morgan fingerprint density at radius 1 is 0.819 bits per heavy atom. The highest BCUT2D eigenvalue weighted by Crippen LogP contribution is 2.36. The van der Waals surface area contributed by atoms with Crippen LogP contribution in [0.15, 0.2) is 126 Å². The van der Waals surface area contributed by atoms with Gasteiger partial charge in [-0.15, -0.1) is 16.4 Å². The molecule has 1 aliphatic heterocycles. The number of hydrogen-bond donors (Lipinski definition) is 3. The van der Waals surface area contributed by atoms with E-state index in [1.165, 1.54) is 11.3 Å². The van der Waals surface area contributed by atoms with Gasteiger partial charge in [-0.05, 0) is 118 Å². The third-order valence-corrected chi connectivity index (χ3v) is 15.1. The van der Waals surface area contributed by atoms with Crippen molar-refractivity contribution >= 4 is 61.8 Å². The fraction of sp³-hybridized carbons (Fsp3) is 0.459. The number of amides is 5. The Labute approximate surface area is 500 Å². The van der Waals surface area contributed by atoms with Gasteiger partial charge in [0, 0.05) is 79.9 Å². The van der Waals surface area contributed by atoms with Gasteiger partial charge in [0.2, 0.25) is 17.7 Å². The van der Waals surface area contributed by atoms with Crippen molar-refractivity contribution in [3.63, 3.8) is 0 Å². The number of rotatable bonds is 37. The molecule has 3 heterocycles. The zero-order chi connectivity index (χ0) is 58.6. The number of thiazole rings is 1. The van der Waals surface area contributed by atoms with Crippen molar-refractivity contribution in [2.75, 3.05) is 123 Å². The molecule has 5 amide bonds. The summed E-state index contributed by atoms with van der Waals surface area (Å²) in [5.41, 5.74) is 4.70. The van der Waals surface area contributed by atoms with Gasteiger partial charge in [0.25, 0.3) is 0 Å². The first-order valence-electron chi connectivity index (χ1n) is 28.5. The minimum absolute atomic E-state index is 0.0233. The minimum Gasteiger partial charge on any atom is -0.494 e. The van der Waals surface area contributed by atoms with Gasteiger partial charge in [-0.2, -0.15) is 0 Å². The van der Waals surface area contributed by atoms with Crippen LogP contribution in [0.4, 0.5) is 15.6 Å². The predicted octanol–water partition coefficient (Wildman–Crippen LogP) is 8.00. The highest BCUT2D eigenvalue weighted by atomic mass is 79.9. The van der Waals surface area contributed by atoms with E-state index < -0.39 is 12.1 Å². The molecule has 83 heavy (non-hydrogen) atoms. The Kier molecular flexibility index (Phi) is 26.7. The van der Waals surface area contributed by atoms with E-state index in [-0.39, 0.29) is 43.1 Å². The van der Waals surface area contributed by atoms with Gasteiger partial charge in [-0.3, -0.25) is 19.7 Å². The molecule has 2 fully saturated rings. The van der Waals surface area contributed by atoms with Crippen LogP contribution in [0.25, 0.3) is 0 Å². The summed E-state index contributed by atoms with van der Waals surface area (Å²) < 4.78 is 31.8. The molecule has 3 N–H and O–H groups in total. The van der Waals surface area contributed by atoms with Crippen molar-refractivity contribution in [2.45, 2.75) is 70.0 Å². The molecule has 1 atom stereocenters. The quantitative estimate of drug-likeness (QED) is 0.0255. The van der Waals surface area contributed by atoms with Crippen molar-refractivity contribution < 1.29 is 42.9 Å². The molecule has 22 heteroatoms. The number of nitrogens with zero attached hydrogens (tertiary/aromatic N) is 8. The number of halogens is 1. The summed E-state index contributed by atoms with van der Waals surface area (Å²) in [5, 5.41) is 19.2. The second-order valence-corrected chi connectivity index (χ2v) is 22.2. The Morgan fingerprint density at radius 3 is 2.28 bits per heavy atom. The monoisotopic (exact) mass is 1220 g/mol. The van der Waals surface area contributed by atoms with Gasteiger partial charge in [-0.1, -0.05) is 76.8 Å². The second-order valence-electron chi connectivity index (χ2n) is 20.4. The summed E-state index contributed by atoms with van der Waals surface area (Å²) in [5.74, 6) is 1.22. The van der Waals surface area contributed by atoms with E-state index in [4.69, 9.17) is 23.7 Å². The van der Waals surface area contributed by atoms with Crippen molar-refractivity contribution in [2.24, 2.45) is 0 Å². The van der Waals surface area contributed by atoms with Crippen LogP contribution in [0, 0.1) is 0 Å². The molecule has 0 bridgehead atoms. The number of benzene rings is 3. The molecule has 3 aromatic carbocycles. The lowest BCUT2D eigenvalue weighted by Gasteiger charge is -2.32. The number of carbonyl (C=O) groups is 4. The van der Waals surface area contributed by atoms with Gasteiger partial charge >= 0.3 is 6.03 Å². The standard InChI is InChI=1S/C61H80BrN11O9S/c1-5-10-46(6-2)43-63-59(76)58(48-11-9-12-49(62)41-48)73(53-18-19-53)56(74)24-15-47-13-20-54(21-14-47)81-33-8-7-26-69(3)31-35-79-38-37-78-34-25-51-44-72(68-67-51)32-36-80-39-40-82-55-22-16-50(17-23-55)64-60(77)66-61-65-52(45-83-61)42-57(75)71-29-27-70(4)28-30-71/h5-6,9-14,16-17,20-23,41,44-45,53,58H,1-2,7-8,15,18-19,24-40,42-43H2,3-4H3,(H,63,76)(H2,64,65,66,77)/b46-10+. The lowest BCUT2D eigenvalue weighted by Crippen LogP contribution is -2.47. The van der Waals surface area contributed by atoms with E-state index in [2.05, 4.69) is 77.2 Å². The number of unbranched alkanes of at least 4 members (excludes halogenated alkanes) is 1. The molecule has 2 aliphatic rings. The van der Waals surface area contributed by atoms with E-state index in [1.807, 2.05) is 66.7 Å². The van der Waals surface area contributed by atoms with Crippen LogP contribution in [-0.4, -0.2) is 182 Å². The molecule has 446 valence electrons. The van der Waals surface area contributed by atoms with Gasteiger partial charge in [0.1, 0.15) is 24.1 Å². The number of piperazine rings is 1. The third kappa shape index (κ3) is 22.7. The van der Waals surface area contributed by atoms with Gasteiger partial charge in [0.15, 0.2) is 5.13 Å². The number of ether oxygens (including phenoxy) is 5. The summed E-state index contributed by atoms with van der Waals surface area (Å²) >= 11 is 4.83. The van der Waals surface area contributed by atoms with Gasteiger partial charge in [-0.25, -0.2) is 14.5 Å². The average Bonchev–Trinajstić information content (AvgIpc) is 4.18. The first kappa shape index (κ1) is 63.8. The van der Waals surface area contributed by atoms with Crippen molar-refractivity contribution in [3.05, 3.63) is 148 Å². The first-order valence-corrected chi connectivity index (χ1v) is 30.1. The van der Waals surface area contributed by atoms with Crippen LogP contribution < -0.4 is 25.4 Å². The molecule has 5 aromatic rings. The second kappa shape index (κ2) is 34.7. The predicted molar refractivity (Wildman–Crippen MR) is 326 cm³/mol. The number of aromatic nitrogens is 4. The third-order valence-electron chi connectivity index (χ3n) is 13.8. The Bertz CT molecular complexity index is 2860. The van der Waals surface area contributed by atoms with E-state index in [0.29, 0.717) is 108 Å². The maximum Gasteiger partial charge on any atom is 0.325 e. The normalized spacial score (nSPS) is 14.0. The van der Waals surface area contributed by atoms with E-state index >= 15 is 0 Å². The SMILES string of the molecule is C=C/C=C(\C=C)CNC(=O)C(c1cccc(Br)c1)N(C(=O)CCc1ccc(OCCCCN(C)CCOCCOCCc2cn(CCOCCOc3ccc(NC(=O)Nc4nc(CC(=O)N5CCN(C)CC5)cs4)cc3)nn2)cc1)C1CC1. The van der Waals surface area contributed by atoms with Crippen LogP contribution in [-0.2, 0) is 54.4 Å². The fourth-order valence-corrected chi connectivity index (χ4v) is 10.1. The average molecular weight is 1220 g/mol. The van der Waals surface area contributed by atoms with E-state index in [9.17, 15) is 19.2 Å². The number of urea groups is 1. The molecule has 0 spiro atoms. The molecule has 1 saturated heterocycles. The molecule has 7 rings (SSSR count). The highest BCUT2D eigenvalue weighted by molar-refractivity contribution is 9.10. The molecule has 0 radical (unpaired) electrons. The first-order chi connectivity index (χ1) is 40.4. The number of aryl methyl sites for hydroxylation is 1. The number of allylic oxidation sites excluding steroid dienone is 2. The van der Waals surface area contributed by atoms with Gasteiger partial charge in [0.05, 0.1) is 70.6 Å². The number of hydrogen-bond acceptors (Lipinski definition) is 15. The molecule has 1 unspecified atom stereocenters. The van der Waals surface area contributed by atoms with E-state index in [0.717, 1.165) is 84.5 Å². The summed E-state index contributed by atoms with van der Waals surface area (Å²) in [6.07, 6.45) is 12.4. The van der Waals surface area contributed by atoms with Crippen LogP contribution in [0.3, 0.4) is 0 Å². The lowest BCUT2D eigenvalue weighted by atomic mass is 10.0. The maximum absolute atomic E-state index is 13.9. The molecule has 1 aliphatic carbocycles. The molecule has 20 nitrogen and oxygen atoms in total. The topological polar surface area (TPSA) is 207 Å².